The molecule has 1 unspecified atom stereocenters. The second kappa shape index (κ2) is 9.16. The van der Waals surface area contributed by atoms with Gasteiger partial charge in [0.15, 0.2) is 0 Å². The number of rotatable bonds is 7. The zero-order valence-electron chi connectivity index (χ0n) is 15.3. The third-order valence-electron chi connectivity index (χ3n) is 3.87. The molecule has 150 valence electrons. The molecule has 0 aliphatic rings. The van der Waals surface area contributed by atoms with Crippen LogP contribution in [0.3, 0.4) is 0 Å². The van der Waals surface area contributed by atoms with Crippen molar-refractivity contribution >= 4 is 38.9 Å². The van der Waals surface area contributed by atoms with Crippen LogP contribution in [0.25, 0.3) is 0 Å². The van der Waals surface area contributed by atoms with Crippen LogP contribution in [-0.4, -0.2) is 38.3 Å². The molecule has 28 heavy (non-hydrogen) atoms. The van der Waals surface area contributed by atoms with E-state index in [-0.39, 0.29) is 22.9 Å². The third kappa shape index (κ3) is 6.61. The molecule has 2 amide bonds. The van der Waals surface area contributed by atoms with E-state index in [1.807, 2.05) is 13.0 Å². The molecule has 6 nitrogen and oxygen atoms in total. The van der Waals surface area contributed by atoms with Crippen LogP contribution in [0.5, 0.6) is 0 Å². The molecule has 2 rings (SSSR count). The summed E-state index contributed by atoms with van der Waals surface area (Å²) in [5.74, 6) is -2.06. The van der Waals surface area contributed by atoms with Crippen molar-refractivity contribution in [2.24, 2.45) is 0 Å². The summed E-state index contributed by atoms with van der Waals surface area (Å²) in [5, 5.41) is 4.90. The van der Waals surface area contributed by atoms with Crippen molar-refractivity contribution in [1.29, 1.82) is 0 Å². The fraction of sp³-hybridized carbons (Fsp3) is 0.263. The summed E-state index contributed by atoms with van der Waals surface area (Å²) >= 11 is 5.70. The normalized spacial score (nSPS) is 12.3. The molecule has 0 bridgehead atoms. The van der Waals surface area contributed by atoms with Crippen LogP contribution < -0.4 is 10.6 Å². The zero-order valence-corrected chi connectivity index (χ0v) is 16.9. The highest BCUT2D eigenvalue weighted by Gasteiger charge is 2.23. The first-order chi connectivity index (χ1) is 13.0. The minimum atomic E-state index is -3.35. The first-order valence-corrected chi connectivity index (χ1v) is 10.8. The lowest BCUT2D eigenvalue weighted by Gasteiger charge is -2.18. The summed E-state index contributed by atoms with van der Waals surface area (Å²) in [6.07, 6.45) is 0.932. The van der Waals surface area contributed by atoms with Crippen molar-refractivity contribution in [2.45, 2.75) is 19.4 Å². The fourth-order valence-corrected chi connectivity index (χ4v) is 3.28. The van der Waals surface area contributed by atoms with Crippen LogP contribution in [0.15, 0.2) is 42.5 Å². The van der Waals surface area contributed by atoms with Crippen molar-refractivity contribution in [3.8, 4) is 0 Å². The van der Waals surface area contributed by atoms with Gasteiger partial charge in [-0.1, -0.05) is 29.3 Å². The number of halogens is 2. The Labute approximate surface area is 168 Å². The van der Waals surface area contributed by atoms with Crippen LogP contribution >= 0.6 is 11.6 Å². The van der Waals surface area contributed by atoms with Crippen LogP contribution in [0.2, 0.25) is 5.02 Å². The number of benzene rings is 2. The second-order valence-corrected chi connectivity index (χ2v) is 9.10. The summed E-state index contributed by atoms with van der Waals surface area (Å²) in [7, 11) is -3.35. The van der Waals surface area contributed by atoms with Crippen LogP contribution in [0.4, 0.5) is 10.1 Å². The van der Waals surface area contributed by atoms with E-state index in [1.54, 1.807) is 18.2 Å². The Morgan fingerprint density at radius 1 is 1.18 bits per heavy atom. The van der Waals surface area contributed by atoms with E-state index in [2.05, 4.69) is 10.6 Å². The maximum Gasteiger partial charge on any atom is 0.251 e. The van der Waals surface area contributed by atoms with Gasteiger partial charge in [-0.15, -0.1) is 0 Å². The van der Waals surface area contributed by atoms with E-state index in [0.29, 0.717) is 5.56 Å². The van der Waals surface area contributed by atoms with Gasteiger partial charge in [0, 0.05) is 17.5 Å². The summed E-state index contributed by atoms with van der Waals surface area (Å²) in [4.78, 5) is 25.1. The Morgan fingerprint density at radius 3 is 2.50 bits per heavy atom. The topological polar surface area (TPSA) is 92.3 Å². The maximum atomic E-state index is 13.3. The molecule has 0 aromatic heterocycles. The maximum absolute atomic E-state index is 13.3. The fourth-order valence-electron chi connectivity index (χ4n) is 2.43. The molecule has 0 heterocycles. The van der Waals surface area contributed by atoms with Crippen LogP contribution in [-0.2, 0) is 14.6 Å². The van der Waals surface area contributed by atoms with Crippen LogP contribution in [0.1, 0.15) is 22.3 Å². The number of hydrogen-bond acceptors (Lipinski definition) is 4. The summed E-state index contributed by atoms with van der Waals surface area (Å²) in [6.45, 7) is 1.82. The SMILES string of the molecule is Cc1cccc(C(=O)NC(CCS(C)(=O)=O)C(=O)Nc2ccc(F)c(Cl)c2)c1. The van der Waals surface area contributed by atoms with Crippen molar-refractivity contribution in [2.75, 3.05) is 17.3 Å². The molecule has 0 fully saturated rings. The van der Waals surface area contributed by atoms with Crippen molar-refractivity contribution in [1.82, 2.24) is 5.32 Å². The highest BCUT2D eigenvalue weighted by Crippen LogP contribution is 2.19. The van der Waals surface area contributed by atoms with Gasteiger partial charge >= 0.3 is 0 Å². The van der Waals surface area contributed by atoms with Crippen molar-refractivity contribution in [3.63, 3.8) is 0 Å². The minimum Gasteiger partial charge on any atom is -0.340 e. The van der Waals surface area contributed by atoms with Gasteiger partial charge < -0.3 is 10.6 Å². The lowest BCUT2D eigenvalue weighted by Crippen LogP contribution is -2.44. The van der Waals surface area contributed by atoms with Gasteiger partial charge in [-0.3, -0.25) is 9.59 Å². The summed E-state index contributed by atoms with van der Waals surface area (Å²) in [5.41, 5.74) is 1.44. The first kappa shape index (κ1) is 21.8. The van der Waals surface area contributed by atoms with E-state index in [9.17, 15) is 22.4 Å². The molecule has 0 spiro atoms. The summed E-state index contributed by atoms with van der Waals surface area (Å²) in [6, 6.07) is 9.30. The number of sulfone groups is 1. The number of aryl methyl sites for hydroxylation is 1. The Bertz CT molecular complexity index is 995. The second-order valence-electron chi connectivity index (χ2n) is 6.43. The molecule has 1 atom stereocenters. The third-order valence-corrected chi connectivity index (χ3v) is 5.13. The lowest BCUT2D eigenvalue weighted by atomic mass is 10.1. The molecule has 2 aromatic rings. The van der Waals surface area contributed by atoms with Crippen molar-refractivity contribution in [3.05, 3.63) is 64.4 Å². The summed E-state index contributed by atoms with van der Waals surface area (Å²) < 4.78 is 36.3. The Morgan fingerprint density at radius 2 is 1.89 bits per heavy atom. The molecule has 0 aliphatic heterocycles. The van der Waals surface area contributed by atoms with Gasteiger partial charge in [-0.25, -0.2) is 12.8 Å². The highest BCUT2D eigenvalue weighted by molar-refractivity contribution is 7.90. The molecular formula is C19H20ClFN2O4S. The molecule has 0 saturated carbocycles. The Kier molecular flexibility index (Phi) is 7.15. The van der Waals surface area contributed by atoms with Gasteiger partial charge in [0.05, 0.1) is 10.8 Å². The van der Waals surface area contributed by atoms with Gasteiger partial charge in [0.2, 0.25) is 5.91 Å². The number of amides is 2. The van der Waals surface area contributed by atoms with E-state index in [0.717, 1.165) is 17.9 Å². The number of carbonyl (C=O) groups is 2. The van der Waals surface area contributed by atoms with Crippen molar-refractivity contribution < 1.29 is 22.4 Å². The highest BCUT2D eigenvalue weighted by atomic mass is 35.5. The molecule has 0 aliphatic carbocycles. The molecule has 2 aromatic carbocycles. The number of carbonyl (C=O) groups excluding carboxylic acids is 2. The Hall–Kier alpha value is -2.45. The molecule has 9 heteroatoms. The zero-order chi connectivity index (χ0) is 20.9. The van der Waals surface area contributed by atoms with Gasteiger partial charge in [0.1, 0.15) is 21.7 Å². The van der Waals surface area contributed by atoms with E-state index in [4.69, 9.17) is 11.6 Å². The standard InChI is InChI=1S/C19H20ClFN2O4S/c1-12-4-3-5-13(10-12)18(24)23-17(8-9-28(2,26)27)19(25)22-14-6-7-16(21)15(20)11-14/h3-7,10-11,17H,8-9H2,1-2H3,(H,22,25)(H,23,24). The largest absolute Gasteiger partial charge is 0.340 e. The number of nitrogens with one attached hydrogen (secondary N) is 2. The number of anilines is 1. The first-order valence-electron chi connectivity index (χ1n) is 8.36. The molecule has 2 N–H and O–H groups in total. The molecular weight excluding hydrogens is 407 g/mol. The average Bonchev–Trinajstić information content (AvgIpc) is 2.60. The Balaban J connectivity index is 2.18. The van der Waals surface area contributed by atoms with Gasteiger partial charge in [0.25, 0.3) is 5.91 Å². The van der Waals surface area contributed by atoms with E-state index >= 15 is 0 Å². The van der Waals surface area contributed by atoms with E-state index < -0.39 is 33.5 Å². The molecule has 0 saturated heterocycles. The quantitative estimate of drug-likeness (QED) is 0.711. The predicted molar refractivity (Wildman–Crippen MR) is 107 cm³/mol. The smallest absolute Gasteiger partial charge is 0.251 e. The predicted octanol–water partition coefficient (Wildman–Crippen LogP) is 2.96. The van der Waals surface area contributed by atoms with Crippen LogP contribution in [0, 0.1) is 12.7 Å². The lowest BCUT2D eigenvalue weighted by molar-refractivity contribution is -0.118. The average molecular weight is 427 g/mol. The minimum absolute atomic E-state index is 0.114. The van der Waals surface area contributed by atoms with Gasteiger partial charge in [-0.2, -0.15) is 0 Å². The molecule has 0 radical (unpaired) electrons. The van der Waals surface area contributed by atoms with E-state index in [1.165, 1.54) is 12.1 Å². The number of hydrogen-bond donors (Lipinski definition) is 2. The van der Waals surface area contributed by atoms with Gasteiger partial charge in [-0.05, 0) is 43.7 Å². The monoisotopic (exact) mass is 426 g/mol.